The van der Waals surface area contributed by atoms with Crippen molar-refractivity contribution in [2.45, 2.75) is 20.3 Å². The number of carbonyl (C=O) groups is 1. The summed E-state index contributed by atoms with van der Waals surface area (Å²) >= 11 is 0. The first-order valence-corrected chi connectivity index (χ1v) is 4.12. The molecule has 0 aromatic heterocycles. The molecule has 0 aromatic carbocycles. The third-order valence-electron chi connectivity index (χ3n) is 2.63. The molecule has 0 aliphatic carbocycles. The van der Waals surface area contributed by atoms with Gasteiger partial charge in [-0.3, -0.25) is 4.79 Å². The summed E-state index contributed by atoms with van der Waals surface area (Å²) in [4.78, 5) is 11.5. The number of hydrogen-bond donors (Lipinski definition) is 1. The van der Waals surface area contributed by atoms with E-state index < -0.39 is 5.41 Å². The lowest BCUT2D eigenvalue weighted by molar-refractivity contribution is -0.124. The highest BCUT2D eigenvalue weighted by Gasteiger charge is 2.43. The predicted molar refractivity (Wildman–Crippen MR) is 49.7 cm³/mol. The SMILES string of the molecule is C=C(C)C1(C(=C)C)CCNC1=O. The van der Waals surface area contributed by atoms with Gasteiger partial charge in [0, 0.05) is 6.54 Å². The topological polar surface area (TPSA) is 29.1 Å². The van der Waals surface area contributed by atoms with Crippen LogP contribution in [0.25, 0.3) is 0 Å². The van der Waals surface area contributed by atoms with Gasteiger partial charge in [0.25, 0.3) is 0 Å². The zero-order chi connectivity index (χ0) is 9.35. The highest BCUT2D eigenvalue weighted by Crippen LogP contribution is 2.39. The summed E-state index contributed by atoms with van der Waals surface area (Å²) in [6.45, 7) is 12.2. The fourth-order valence-electron chi connectivity index (χ4n) is 1.81. The van der Waals surface area contributed by atoms with Crippen LogP contribution in [0.4, 0.5) is 0 Å². The standard InChI is InChI=1S/C10H15NO/c1-7(2)10(8(3)4)5-6-11-9(10)12/h1,3,5-6H2,2,4H3,(H,11,12). The lowest BCUT2D eigenvalue weighted by atomic mass is 9.75. The summed E-state index contributed by atoms with van der Waals surface area (Å²) in [6, 6.07) is 0. The van der Waals surface area contributed by atoms with Crippen molar-refractivity contribution in [3.63, 3.8) is 0 Å². The summed E-state index contributed by atoms with van der Waals surface area (Å²) < 4.78 is 0. The molecule has 1 aliphatic rings. The molecule has 0 atom stereocenters. The van der Waals surface area contributed by atoms with Gasteiger partial charge in [-0.15, -0.1) is 0 Å². The van der Waals surface area contributed by atoms with Gasteiger partial charge in [0.1, 0.15) is 0 Å². The zero-order valence-corrected chi connectivity index (χ0v) is 7.74. The van der Waals surface area contributed by atoms with E-state index in [9.17, 15) is 4.79 Å². The number of hydrogen-bond acceptors (Lipinski definition) is 1. The van der Waals surface area contributed by atoms with Crippen molar-refractivity contribution in [2.75, 3.05) is 6.54 Å². The van der Waals surface area contributed by atoms with Crippen LogP contribution >= 0.6 is 0 Å². The van der Waals surface area contributed by atoms with Crippen LogP contribution in [0.15, 0.2) is 24.3 Å². The van der Waals surface area contributed by atoms with Gasteiger partial charge in [-0.05, 0) is 20.3 Å². The molecule has 66 valence electrons. The van der Waals surface area contributed by atoms with Crippen LogP contribution in [0.2, 0.25) is 0 Å². The third kappa shape index (κ3) is 0.986. The molecule has 1 aliphatic heterocycles. The predicted octanol–water partition coefficient (Wildman–Crippen LogP) is 1.64. The van der Waals surface area contributed by atoms with Gasteiger partial charge in [-0.25, -0.2) is 0 Å². The minimum Gasteiger partial charge on any atom is -0.355 e. The lowest BCUT2D eigenvalue weighted by Gasteiger charge is -2.26. The monoisotopic (exact) mass is 165 g/mol. The zero-order valence-electron chi connectivity index (χ0n) is 7.74. The summed E-state index contributed by atoms with van der Waals surface area (Å²) in [5.74, 6) is 0.0579. The second-order valence-corrected chi connectivity index (χ2v) is 3.47. The van der Waals surface area contributed by atoms with Crippen LogP contribution in [0, 0.1) is 5.41 Å². The van der Waals surface area contributed by atoms with Gasteiger partial charge >= 0.3 is 0 Å². The maximum absolute atomic E-state index is 11.5. The van der Waals surface area contributed by atoms with Crippen molar-refractivity contribution in [3.05, 3.63) is 24.3 Å². The van der Waals surface area contributed by atoms with Crippen molar-refractivity contribution in [1.82, 2.24) is 5.32 Å². The maximum Gasteiger partial charge on any atom is 0.234 e. The largest absolute Gasteiger partial charge is 0.355 e. The van der Waals surface area contributed by atoms with Crippen LogP contribution in [-0.4, -0.2) is 12.5 Å². The molecule has 1 N–H and O–H groups in total. The van der Waals surface area contributed by atoms with Gasteiger partial charge in [-0.1, -0.05) is 24.3 Å². The molecule has 1 fully saturated rings. The second-order valence-electron chi connectivity index (χ2n) is 3.47. The summed E-state index contributed by atoms with van der Waals surface area (Å²) in [7, 11) is 0. The molecule has 0 bridgehead atoms. The fourth-order valence-corrected chi connectivity index (χ4v) is 1.81. The van der Waals surface area contributed by atoms with E-state index in [2.05, 4.69) is 18.5 Å². The van der Waals surface area contributed by atoms with Crippen molar-refractivity contribution in [2.24, 2.45) is 5.41 Å². The number of nitrogens with one attached hydrogen (secondary N) is 1. The quantitative estimate of drug-likeness (QED) is 0.619. The first-order chi connectivity index (χ1) is 5.51. The minimum atomic E-state index is -0.486. The Hall–Kier alpha value is -1.05. The molecule has 12 heavy (non-hydrogen) atoms. The van der Waals surface area contributed by atoms with Crippen LogP contribution in [0.1, 0.15) is 20.3 Å². The molecule has 0 aromatic rings. The smallest absolute Gasteiger partial charge is 0.234 e. The van der Waals surface area contributed by atoms with E-state index in [1.165, 1.54) is 0 Å². The Labute approximate surface area is 73.4 Å². The van der Waals surface area contributed by atoms with Gasteiger partial charge in [0.05, 0.1) is 5.41 Å². The van der Waals surface area contributed by atoms with Gasteiger partial charge in [-0.2, -0.15) is 0 Å². The highest BCUT2D eigenvalue weighted by molar-refractivity contribution is 5.90. The van der Waals surface area contributed by atoms with E-state index in [4.69, 9.17) is 0 Å². The number of rotatable bonds is 2. The molecule has 2 heteroatoms. The Morgan fingerprint density at radius 1 is 1.42 bits per heavy atom. The van der Waals surface area contributed by atoms with E-state index >= 15 is 0 Å². The van der Waals surface area contributed by atoms with Crippen molar-refractivity contribution in [3.8, 4) is 0 Å². The Morgan fingerprint density at radius 3 is 2.08 bits per heavy atom. The lowest BCUT2D eigenvalue weighted by Crippen LogP contribution is -2.32. The van der Waals surface area contributed by atoms with Crippen molar-refractivity contribution in [1.29, 1.82) is 0 Å². The molecule has 0 saturated carbocycles. The highest BCUT2D eigenvalue weighted by atomic mass is 16.2. The number of amides is 1. The second kappa shape index (κ2) is 2.77. The molecule has 0 radical (unpaired) electrons. The first kappa shape index (κ1) is 9.04. The Morgan fingerprint density at radius 2 is 1.92 bits per heavy atom. The van der Waals surface area contributed by atoms with Gasteiger partial charge in [0.15, 0.2) is 0 Å². The van der Waals surface area contributed by atoms with E-state index in [-0.39, 0.29) is 5.91 Å². The van der Waals surface area contributed by atoms with Gasteiger partial charge in [0.2, 0.25) is 5.91 Å². The molecule has 1 heterocycles. The van der Waals surface area contributed by atoms with Crippen molar-refractivity contribution >= 4 is 5.91 Å². The van der Waals surface area contributed by atoms with E-state index in [0.717, 1.165) is 24.1 Å². The van der Waals surface area contributed by atoms with Crippen LogP contribution in [-0.2, 0) is 4.79 Å². The summed E-state index contributed by atoms with van der Waals surface area (Å²) in [5, 5.41) is 2.81. The van der Waals surface area contributed by atoms with Crippen LogP contribution < -0.4 is 5.32 Å². The molecule has 1 amide bonds. The molecule has 2 nitrogen and oxygen atoms in total. The van der Waals surface area contributed by atoms with Crippen molar-refractivity contribution < 1.29 is 4.79 Å². The molecule has 0 spiro atoms. The van der Waals surface area contributed by atoms with E-state index in [1.807, 2.05) is 13.8 Å². The molecule has 1 saturated heterocycles. The van der Waals surface area contributed by atoms with E-state index in [1.54, 1.807) is 0 Å². The first-order valence-electron chi connectivity index (χ1n) is 4.12. The van der Waals surface area contributed by atoms with Gasteiger partial charge < -0.3 is 5.32 Å². The Balaban J connectivity index is 3.10. The minimum absolute atomic E-state index is 0.0579. The molecule has 0 unspecified atom stereocenters. The number of carbonyl (C=O) groups excluding carboxylic acids is 1. The average molecular weight is 165 g/mol. The maximum atomic E-state index is 11.5. The summed E-state index contributed by atoms with van der Waals surface area (Å²) in [5.41, 5.74) is 1.30. The van der Waals surface area contributed by atoms with Crippen LogP contribution in [0.5, 0.6) is 0 Å². The molecular formula is C10H15NO. The normalized spacial score (nSPS) is 20.3. The Bertz CT molecular complexity index is 239. The average Bonchev–Trinajstić information content (AvgIpc) is 2.31. The van der Waals surface area contributed by atoms with E-state index in [0.29, 0.717) is 0 Å². The summed E-state index contributed by atoms with van der Waals surface area (Å²) in [6.07, 6.45) is 0.802. The van der Waals surface area contributed by atoms with Crippen LogP contribution in [0.3, 0.4) is 0 Å². The molecular weight excluding hydrogens is 150 g/mol. The fraction of sp³-hybridized carbons (Fsp3) is 0.500. The molecule has 1 rings (SSSR count). The third-order valence-corrected chi connectivity index (χ3v) is 2.63. The Kier molecular flexibility index (Phi) is 2.09.